The summed E-state index contributed by atoms with van der Waals surface area (Å²) in [5, 5.41) is 3.07. The summed E-state index contributed by atoms with van der Waals surface area (Å²) in [6.07, 6.45) is 6.82. The number of imidazole rings is 1. The number of ether oxygens (including phenoxy) is 1. The third kappa shape index (κ3) is 4.34. The van der Waals surface area contributed by atoms with Gasteiger partial charge in [0.25, 0.3) is 11.8 Å². The molecule has 2 amide bonds. The second-order valence-corrected chi connectivity index (χ2v) is 8.15. The first-order valence-corrected chi connectivity index (χ1v) is 10.3. The monoisotopic (exact) mass is 396 g/mol. The molecule has 1 unspecified atom stereocenters. The molecule has 29 heavy (non-hydrogen) atoms. The van der Waals surface area contributed by atoms with Crippen molar-refractivity contribution >= 4 is 11.8 Å². The van der Waals surface area contributed by atoms with Crippen molar-refractivity contribution in [2.75, 3.05) is 26.2 Å². The van der Waals surface area contributed by atoms with E-state index in [1.807, 2.05) is 42.3 Å². The third-order valence-electron chi connectivity index (χ3n) is 6.18. The molecule has 0 bridgehead atoms. The van der Waals surface area contributed by atoms with Crippen LogP contribution in [-0.4, -0.2) is 58.1 Å². The van der Waals surface area contributed by atoms with E-state index in [2.05, 4.69) is 10.3 Å². The number of carbonyl (C=O) groups is 2. The van der Waals surface area contributed by atoms with Crippen LogP contribution in [0, 0.1) is 5.92 Å². The summed E-state index contributed by atoms with van der Waals surface area (Å²) in [4.78, 5) is 31.0. The number of hydrogen-bond donors (Lipinski definition) is 1. The lowest BCUT2D eigenvalue weighted by molar-refractivity contribution is -0.122. The molecule has 7 nitrogen and oxygen atoms in total. The number of nitrogens with one attached hydrogen (secondary N) is 1. The average molecular weight is 396 g/mol. The predicted octanol–water partition coefficient (Wildman–Crippen LogP) is 2.25. The Morgan fingerprint density at radius 3 is 2.69 bits per heavy atom. The number of rotatable bonds is 4. The minimum absolute atomic E-state index is 0.0252. The van der Waals surface area contributed by atoms with Gasteiger partial charge in [-0.1, -0.05) is 18.2 Å². The number of benzene rings is 1. The minimum atomic E-state index is -0.177. The summed E-state index contributed by atoms with van der Waals surface area (Å²) >= 11 is 0. The van der Waals surface area contributed by atoms with E-state index in [4.69, 9.17) is 4.74 Å². The molecule has 1 aromatic heterocycles. The number of piperidine rings is 1. The summed E-state index contributed by atoms with van der Waals surface area (Å²) in [6, 6.07) is 9.31. The molecule has 4 rings (SSSR count). The number of hydrogen-bond acceptors (Lipinski definition) is 4. The first-order valence-electron chi connectivity index (χ1n) is 10.3. The van der Waals surface area contributed by atoms with Gasteiger partial charge in [0.15, 0.2) is 0 Å². The second kappa shape index (κ2) is 8.37. The summed E-state index contributed by atoms with van der Waals surface area (Å²) in [5.41, 5.74) is 1.13. The van der Waals surface area contributed by atoms with Crippen LogP contribution in [0.1, 0.15) is 46.5 Å². The number of aryl methyl sites for hydroxylation is 1. The van der Waals surface area contributed by atoms with Gasteiger partial charge in [0, 0.05) is 38.9 Å². The standard InChI is InChI=1S/C22H28N4O3/c1-25-16-23-15-19(25)21(28)26-10-8-22(9-11-26)13-17(7-12-29-22)14-24-20(27)18-5-3-2-4-6-18/h2-6,15-17H,7-14H2,1H3,(H,24,27). The highest BCUT2D eigenvalue weighted by Crippen LogP contribution is 2.37. The van der Waals surface area contributed by atoms with Crippen molar-refractivity contribution in [1.82, 2.24) is 19.8 Å². The Bertz CT molecular complexity index is 856. The topological polar surface area (TPSA) is 76.5 Å². The van der Waals surface area contributed by atoms with Crippen LogP contribution >= 0.6 is 0 Å². The van der Waals surface area contributed by atoms with Crippen molar-refractivity contribution in [3.8, 4) is 0 Å². The van der Waals surface area contributed by atoms with Crippen LogP contribution in [0.25, 0.3) is 0 Å². The van der Waals surface area contributed by atoms with E-state index < -0.39 is 0 Å². The van der Waals surface area contributed by atoms with Crippen LogP contribution in [0.15, 0.2) is 42.9 Å². The predicted molar refractivity (Wildman–Crippen MR) is 109 cm³/mol. The van der Waals surface area contributed by atoms with Gasteiger partial charge in [0.1, 0.15) is 5.69 Å². The van der Waals surface area contributed by atoms with Gasteiger partial charge < -0.3 is 19.5 Å². The molecule has 0 radical (unpaired) electrons. The van der Waals surface area contributed by atoms with Gasteiger partial charge in [-0.25, -0.2) is 4.98 Å². The lowest BCUT2D eigenvalue weighted by Gasteiger charge is -2.46. The van der Waals surface area contributed by atoms with Gasteiger partial charge in [-0.05, 0) is 43.7 Å². The van der Waals surface area contributed by atoms with E-state index >= 15 is 0 Å². The number of amides is 2. The molecule has 2 aliphatic rings. The van der Waals surface area contributed by atoms with Crippen LogP contribution in [0.3, 0.4) is 0 Å². The number of likely N-dealkylation sites (tertiary alicyclic amines) is 1. The van der Waals surface area contributed by atoms with E-state index in [9.17, 15) is 9.59 Å². The van der Waals surface area contributed by atoms with Crippen LogP contribution < -0.4 is 5.32 Å². The molecule has 0 saturated carbocycles. The Balaban J connectivity index is 1.30. The van der Waals surface area contributed by atoms with Crippen molar-refractivity contribution < 1.29 is 14.3 Å². The second-order valence-electron chi connectivity index (χ2n) is 8.15. The third-order valence-corrected chi connectivity index (χ3v) is 6.18. The molecule has 2 fully saturated rings. The van der Waals surface area contributed by atoms with Crippen LogP contribution in [0.4, 0.5) is 0 Å². The highest BCUT2D eigenvalue weighted by atomic mass is 16.5. The van der Waals surface area contributed by atoms with E-state index in [0.717, 1.165) is 25.7 Å². The van der Waals surface area contributed by atoms with Gasteiger partial charge in [-0.2, -0.15) is 0 Å². The Labute approximate surface area is 171 Å². The van der Waals surface area contributed by atoms with E-state index in [1.165, 1.54) is 0 Å². The quantitative estimate of drug-likeness (QED) is 0.860. The molecule has 1 N–H and O–H groups in total. The fourth-order valence-corrected chi connectivity index (χ4v) is 4.42. The van der Waals surface area contributed by atoms with Crippen molar-refractivity contribution in [3.05, 3.63) is 54.1 Å². The first kappa shape index (κ1) is 19.6. The Morgan fingerprint density at radius 1 is 1.24 bits per heavy atom. The normalized spacial score (nSPS) is 21.1. The van der Waals surface area contributed by atoms with Crippen molar-refractivity contribution in [2.45, 2.75) is 31.3 Å². The van der Waals surface area contributed by atoms with E-state index in [-0.39, 0.29) is 17.4 Å². The van der Waals surface area contributed by atoms with Crippen LogP contribution in [0.2, 0.25) is 0 Å². The summed E-state index contributed by atoms with van der Waals surface area (Å²) in [6.45, 7) is 2.75. The zero-order valence-electron chi connectivity index (χ0n) is 16.8. The average Bonchev–Trinajstić information content (AvgIpc) is 3.19. The fourth-order valence-electron chi connectivity index (χ4n) is 4.42. The largest absolute Gasteiger partial charge is 0.375 e. The maximum absolute atomic E-state index is 12.7. The first-order chi connectivity index (χ1) is 14.1. The maximum Gasteiger partial charge on any atom is 0.272 e. The van der Waals surface area contributed by atoms with Gasteiger partial charge in [-0.3, -0.25) is 9.59 Å². The summed E-state index contributed by atoms with van der Waals surface area (Å²) in [5.74, 6) is 0.404. The molecule has 1 spiro atoms. The number of nitrogens with zero attached hydrogens (tertiary/aromatic N) is 3. The van der Waals surface area contributed by atoms with Crippen LogP contribution in [0.5, 0.6) is 0 Å². The molecule has 154 valence electrons. The van der Waals surface area contributed by atoms with Gasteiger partial charge in [0.05, 0.1) is 18.1 Å². The molecule has 3 heterocycles. The highest BCUT2D eigenvalue weighted by Gasteiger charge is 2.41. The number of aromatic nitrogens is 2. The molecule has 2 aliphatic heterocycles. The lowest BCUT2D eigenvalue weighted by Crippen LogP contribution is -2.52. The minimum Gasteiger partial charge on any atom is -0.375 e. The van der Waals surface area contributed by atoms with Crippen molar-refractivity contribution in [3.63, 3.8) is 0 Å². The highest BCUT2D eigenvalue weighted by molar-refractivity contribution is 5.94. The molecule has 2 aromatic rings. The Kier molecular flexibility index (Phi) is 5.67. The Hall–Kier alpha value is -2.67. The smallest absolute Gasteiger partial charge is 0.272 e. The summed E-state index contributed by atoms with van der Waals surface area (Å²) < 4.78 is 7.96. The zero-order chi connectivity index (χ0) is 20.3. The van der Waals surface area contributed by atoms with Crippen molar-refractivity contribution in [2.24, 2.45) is 13.0 Å². The van der Waals surface area contributed by atoms with Gasteiger partial charge in [-0.15, -0.1) is 0 Å². The summed E-state index contributed by atoms with van der Waals surface area (Å²) in [7, 11) is 1.84. The SMILES string of the molecule is Cn1cncc1C(=O)N1CCC2(CC1)CC(CNC(=O)c1ccccc1)CCO2. The maximum atomic E-state index is 12.7. The molecule has 2 saturated heterocycles. The fraction of sp³-hybridized carbons (Fsp3) is 0.500. The zero-order valence-corrected chi connectivity index (χ0v) is 16.8. The van der Waals surface area contributed by atoms with E-state index in [1.54, 1.807) is 17.1 Å². The van der Waals surface area contributed by atoms with Gasteiger partial charge >= 0.3 is 0 Å². The Morgan fingerprint density at radius 2 is 2.00 bits per heavy atom. The molecule has 0 aliphatic carbocycles. The van der Waals surface area contributed by atoms with E-state index in [0.29, 0.717) is 43.4 Å². The number of carbonyl (C=O) groups excluding carboxylic acids is 2. The molecular weight excluding hydrogens is 368 g/mol. The molecule has 1 aromatic carbocycles. The molecular formula is C22H28N4O3. The lowest BCUT2D eigenvalue weighted by atomic mass is 9.79. The van der Waals surface area contributed by atoms with Crippen LogP contribution in [-0.2, 0) is 11.8 Å². The van der Waals surface area contributed by atoms with Gasteiger partial charge in [0.2, 0.25) is 0 Å². The molecule has 7 heteroatoms. The molecule has 1 atom stereocenters. The van der Waals surface area contributed by atoms with Crippen molar-refractivity contribution in [1.29, 1.82) is 0 Å².